The van der Waals surface area contributed by atoms with Crippen molar-refractivity contribution in [3.63, 3.8) is 0 Å². The average Bonchev–Trinajstić information content (AvgIpc) is 3.28. The predicted octanol–water partition coefficient (Wildman–Crippen LogP) is 2.45. The maximum atomic E-state index is 12.5. The van der Waals surface area contributed by atoms with Gasteiger partial charge in [-0.2, -0.15) is 4.98 Å². The van der Waals surface area contributed by atoms with E-state index in [2.05, 4.69) is 25.2 Å². The lowest BCUT2D eigenvalue weighted by Gasteiger charge is -2.34. The fraction of sp³-hybridized carbons (Fsp3) is 0.389. The molecule has 1 aromatic carbocycles. The molecule has 1 aliphatic heterocycles. The Kier molecular flexibility index (Phi) is 4.24. The highest BCUT2D eigenvalue weighted by Crippen LogP contribution is 2.22. The number of urea groups is 1. The highest BCUT2D eigenvalue weighted by Gasteiger charge is 2.25. The molecule has 0 unspecified atom stereocenters. The number of rotatable bonds is 3. The van der Waals surface area contributed by atoms with E-state index in [4.69, 9.17) is 4.42 Å². The Balaban J connectivity index is 1.34. The molecule has 0 radical (unpaired) electrons. The number of aromatic amines is 1. The number of hydrogen-bond donors (Lipinski definition) is 2. The second-order valence-electron chi connectivity index (χ2n) is 6.56. The second-order valence-corrected chi connectivity index (χ2v) is 6.56. The number of oxazole rings is 1. The number of amides is 2. The molecule has 8 nitrogen and oxygen atoms in total. The summed E-state index contributed by atoms with van der Waals surface area (Å²) in [6.07, 6.45) is 1.76. The quantitative estimate of drug-likeness (QED) is 0.754. The van der Waals surface area contributed by atoms with E-state index in [0.717, 1.165) is 22.6 Å². The molecule has 1 aliphatic rings. The first kappa shape index (κ1) is 16.4. The van der Waals surface area contributed by atoms with Crippen LogP contribution in [-0.2, 0) is 0 Å². The van der Waals surface area contributed by atoms with Gasteiger partial charge in [-0.1, -0.05) is 12.1 Å². The topological polar surface area (TPSA) is 90.3 Å². The van der Waals surface area contributed by atoms with Crippen molar-refractivity contribution in [1.82, 2.24) is 25.2 Å². The molecular weight excluding hydrogens is 332 g/mol. The number of aryl methyl sites for hydroxylation is 1. The molecule has 8 heteroatoms. The zero-order valence-corrected chi connectivity index (χ0v) is 14.9. The largest absolute Gasteiger partial charge is 0.423 e. The zero-order chi connectivity index (χ0) is 18.1. The molecule has 2 amide bonds. The maximum absolute atomic E-state index is 12.5. The van der Waals surface area contributed by atoms with Crippen molar-refractivity contribution in [3.05, 3.63) is 42.0 Å². The number of H-pyrrole nitrogens is 1. The number of aromatic nitrogens is 3. The number of piperazine rings is 1. The van der Waals surface area contributed by atoms with E-state index in [9.17, 15) is 4.79 Å². The second kappa shape index (κ2) is 6.70. The van der Waals surface area contributed by atoms with Crippen LogP contribution >= 0.6 is 0 Å². The molecule has 1 saturated heterocycles. The predicted molar refractivity (Wildman–Crippen MR) is 98.1 cm³/mol. The molecule has 0 saturated carbocycles. The van der Waals surface area contributed by atoms with E-state index < -0.39 is 0 Å². The van der Waals surface area contributed by atoms with Crippen LogP contribution in [0.3, 0.4) is 0 Å². The third-order valence-corrected chi connectivity index (χ3v) is 4.59. The molecule has 3 heterocycles. The van der Waals surface area contributed by atoms with Gasteiger partial charge in [0.15, 0.2) is 5.58 Å². The van der Waals surface area contributed by atoms with Crippen LogP contribution in [0, 0.1) is 6.92 Å². The van der Waals surface area contributed by atoms with Crippen molar-refractivity contribution in [2.45, 2.75) is 19.9 Å². The van der Waals surface area contributed by atoms with E-state index in [1.807, 2.05) is 43.0 Å². The average molecular weight is 354 g/mol. The number of anilines is 1. The van der Waals surface area contributed by atoms with Crippen LogP contribution in [0.2, 0.25) is 0 Å². The summed E-state index contributed by atoms with van der Waals surface area (Å²) >= 11 is 0. The van der Waals surface area contributed by atoms with E-state index in [0.29, 0.717) is 32.2 Å². The smallest absolute Gasteiger partial charge is 0.318 e. The van der Waals surface area contributed by atoms with E-state index in [1.54, 1.807) is 6.20 Å². The van der Waals surface area contributed by atoms with Gasteiger partial charge >= 0.3 is 6.03 Å². The summed E-state index contributed by atoms with van der Waals surface area (Å²) in [6, 6.07) is 8.09. The van der Waals surface area contributed by atoms with E-state index in [1.165, 1.54) is 0 Å². The Hall–Kier alpha value is -3.03. The van der Waals surface area contributed by atoms with Crippen LogP contribution in [0.4, 0.5) is 10.8 Å². The lowest BCUT2D eigenvalue weighted by Crippen LogP contribution is -2.52. The van der Waals surface area contributed by atoms with E-state index >= 15 is 0 Å². The molecule has 2 N–H and O–H groups in total. The first-order valence-electron chi connectivity index (χ1n) is 8.77. The van der Waals surface area contributed by atoms with Crippen LogP contribution in [0.15, 0.2) is 34.9 Å². The summed E-state index contributed by atoms with van der Waals surface area (Å²) < 4.78 is 5.81. The Labute approximate surface area is 151 Å². The van der Waals surface area contributed by atoms with Crippen molar-refractivity contribution >= 4 is 23.1 Å². The molecule has 0 aliphatic carbocycles. The fourth-order valence-corrected chi connectivity index (χ4v) is 3.09. The number of carbonyl (C=O) groups excluding carboxylic acids is 1. The number of fused-ring (bicyclic) bond motifs is 1. The molecule has 0 bridgehead atoms. The van der Waals surface area contributed by atoms with Gasteiger partial charge in [0.1, 0.15) is 11.3 Å². The summed E-state index contributed by atoms with van der Waals surface area (Å²) in [7, 11) is 0. The van der Waals surface area contributed by atoms with Crippen LogP contribution in [0.1, 0.15) is 24.5 Å². The summed E-state index contributed by atoms with van der Waals surface area (Å²) in [5.74, 6) is 0.765. The van der Waals surface area contributed by atoms with E-state index in [-0.39, 0.29) is 12.1 Å². The van der Waals surface area contributed by atoms with Gasteiger partial charge in [-0.05, 0) is 26.0 Å². The Morgan fingerprint density at radius 2 is 2.04 bits per heavy atom. The summed E-state index contributed by atoms with van der Waals surface area (Å²) in [5, 5.41) is 2.99. The van der Waals surface area contributed by atoms with Crippen LogP contribution in [0.25, 0.3) is 11.1 Å². The van der Waals surface area contributed by atoms with Crippen LogP contribution < -0.4 is 10.2 Å². The first-order chi connectivity index (χ1) is 12.6. The van der Waals surface area contributed by atoms with Crippen molar-refractivity contribution < 1.29 is 9.21 Å². The van der Waals surface area contributed by atoms with Crippen LogP contribution in [-0.4, -0.2) is 52.1 Å². The van der Waals surface area contributed by atoms with Crippen LogP contribution in [0.5, 0.6) is 0 Å². The molecule has 0 spiro atoms. The monoisotopic (exact) mass is 354 g/mol. The lowest BCUT2D eigenvalue weighted by molar-refractivity contribution is 0.190. The summed E-state index contributed by atoms with van der Waals surface area (Å²) in [4.78, 5) is 28.3. The fourth-order valence-electron chi connectivity index (χ4n) is 3.09. The third-order valence-electron chi connectivity index (χ3n) is 4.59. The van der Waals surface area contributed by atoms with Gasteiger partial charge in [-0.3, -0.25) is 0 Å². The molecule has 4 rings (SSSR count). The lowest BCUT2D eigenvalue weighted by atomic mass is 10.3. The van der Waals surface area contributed by atoms with Gasteiger partial charge in [0.2, 0.25) is 0 Å². The minimum Gasteiger partial charge on any atom is -0.423 e. The Morgan fingerprint density at radius 3 is 2.73 bits per heavy atom. The number of hydrogen-bond acceptors (Lipinski definition) is 5. The standard InChI is InChI=1S/C18H22N6O2/c1-12-11-19-16(20-12)13(2)21-17(25)23-7-9-24(10-8-23)18-22-14-5-3-4-6-15(14)26-18/h3-6,11,13H,7-10H2,1-2H3,(H,19,20)(H,21,25)/t13-/m1/s1. The van der Waals surface area contributed by atoms with Gasteiger partial charge in [0.25, 0.3) is 6.01 Å². The number of nitrogens with one attached hydrogen (secondary N) is 2. The van der Waals surface area contributed by atoms with Crippen molar-refractivity contribution in [1.29, 1.82) is 0 Å². The normalized spacial score (nSPS) is 16.1. The van der Waals surface area contributed by atoms with Crippen molar-refractivity contribution in [2.24, 2.45) is 0 Å². The maximum Gasteiger partial charge on any atom is 0.318 e. The van der Waals surface area contributed by atoms with Gasteiger partial charge in [0, 0.05) is 38.1 Å². The molecule has 1 fully saturated rings. The van der Waals surface area contributed by atoms with Gasteiger partial charge in [-0.25, -0.2) is 9.78 Å². The molecule has 2 aromatic heterocycles. The Morgan fingerprint density at radius 1 is 1.27 bits per heavy atom. The highest BCUT2D eigenvalue weighted by atomic mass is 16.4. The number of benzene rings is 1. The minimum absolute atomic E-state index is 0.0798. The highest BCUT2D eigenvalue weighted by molar-refractivity contribution is 5.75. The van der Waals surface area contributed by atoms with Gasteiger partial charge in [0.05, 0.1) is 6.04 Å². The summed E-state index contributed by atoms with van der Waals surface area (Å²) in [6.45, 7) is 6.48. The molecule has 1 atom stereocenters. The van der Waals surface area contributed by atoms with Crippen molar-refractivity contribution in [3.8, 4) is 0 Å². The number of imidazole rings is 1. The summed E-state index contributed by atoms with van der Waals surface area (Å²) in [5.41, 5.74) is 2.61. The van der Waals surface area contributed by atoms with Gasteiger partial charge in [-0.15, -0.1) is 0 Å². The number of para-hydroxylation sites is 2. The SMILES string of the molecule is Cc1cnc([C@@H](C)NC(=O)N2CCN(c3nc4ccccc4o3)CC2)[nH]1. The van der Waals surface area contributed by atoms with Crippen molar-refractivity contribution in [2.75, 3.05) is 31.1 Å². The first-order valence-corrected chi connectivity index (χ1v) is 8.77. The molecular formula is C18H22N6O2. The minimum atomic E-state index is -0.161. The Bertz CT molecular complexity index is 876. The third kappa shape index (κ3) is 3.22. The zero-order valence-electron chi connectivity index (χ0n) is 14.9. The molecule has 3 aromatic rings. The van der Waals surface area contributed by atoms with Gasteiger partial charge < -0.3 is 24.5 Å². The molecule has 26 heavy (non-hydrogen) atoms. The number of nitrogens with zero attached hydrogens (tertiary/aromatic N) is 4. The number of carbonyl (C=O) groups is 1. The molecule has 136 valence electrons.